The van der Waals surface area contributed by atoms with Crippen molar-refractivity contribution in [2.45, 2.75) is 12.5 Å². The molecule has 4 rings (SSSR count). The summed E-state index contributed by atoms with van der Waals surface area (Å²) < 4.78 is 0. The molecule has 0 fully saturated rings. The Bertz CT molecular complexity index is 960. The summed E-state index contributed by atoms with van der Waals surface area (Å²) in [5.74, 6) is 0. The number of carbonyl (C=O) groups excluding carboxylic acids is 1. The third-order valence-electron chi connectivity index (χ3n) is 4.68. The van der Waals surface area contributed by atoms with Crippen molar-refractivity contribution in [3.8, 4) is 0 Å². The van der Waals surface area contributed by atoms with Gasteiger partial charge in [-0.2, -0.15) is 5.10 Å². The lowest BCUT2D eigenvalue weighted by Crippen LogP contribution is -2.18. The Hall–Kier alpha value is -3.46. The first kappa shape index (κ1) is 17.0. The van der Waals surface area contributed by atoms with E-state index in [1.54, 1.807) is 0 Å². The molecule has 0 spiro atoms. The fraction of sp³-hybridized carbons (Fsp3) is 0.0833. The second-order valence-corrected chi connectivity index (χ2v) is 6.52. The summed E-state index contributed by atoms with van der Waals surface area (Å²) in [6, 6.07) is 28.4. The maximum absolute atomic E-state index is 10.9. The predicted molar refractivity (Wildman–Crippen MR) is 111 cm³/mol. The van der Waals surface area contributed by atoms with Crippen LogP contribution in [0.2, 0.25) is 0 Å². The van der Waals surface area contributed by atoms with Crippen molar-refractivity contribution in [2.75, 3.05) is 5.01 Å². The quantitative estimate of drug-likeness (QED) is 0.566. The van der Waals surface area contributed by atoms with Crippen molar-refractivity contribution in [3.63, 3.8) is 0 Å². The van der Waals surface area contributed by atoms with E-state index in [1.807, 2.05) is 48.5 Å². The van der Waals surface area contributed by atoms with Crippen LogP contribution in [0.1, 0.15) is 33.9 Å². The number of aldehydes is 1. The van der Waals surface area contributed by atoms with Crippen LogP contribution in [0, 0.1) is 0 Å². The number of hydrogen-bond acceptors (Lipinski definition) is 3. The Labute approximate surface area is 159 Å². The van der Waals surface area contributed by atoms with E-state index >= 15 is 0 Å². The van der Waals surface area contributed by atoms with E-state index in [9.17, 15) is 4.79 Å². The normalized spacial score (nSPS) is 16.5. The van der Waals surface area contributed by atoms with Crippen LogP contribution in [0.5, 0.6) is 0 Å². The highest BCUT2D eigenvalue weighted by atomic mass is 16.1. The minimum atomic E-state index is 0.142. The van der Waals surface area contributed by atoms with Gasteiger partial charge in [0.2, 0.25) is 0 Å². The van der Waals surface area contributed by atoms with Gasteiger partial charge in [-0.1, -0.05) is 66.7 Å². The third-order valence-corrected chi connectivity index (χ3v) is 4.68. The monoisotopic (exact) mass is 352 g/mol. The van der Waals surface area contributed by atoms with Crippen molar-refractivity contribution < 1.29 is 4.79 Å². The Morgan fingerprint density at radius 3 is 2.11 bits per heavy atom. The first-order valence-electron chi connectivity index (χ1n) is 9.03. The minimum Gasteiger partial charge on any atom is -0.298 e. The number of anilines is 1. The van der Waals surface area contributed by atoms with Gasteiger partial charge < -0.3 is 0 Å². The van der Waals surface area contributed by atoms with E-state index in [1.165, 1.54) is 5.56 Å². The fourth-order valence-corrected chi connectivity index (χ4v) is 3.27. The van der Waals surface area contributed by atoms with Gasteiger partial charge in [-0.25, -0.2) is 0 Å². The summed E-state index contributed by atoms with van der Waals surface area (Å²) in [5.41, 5.74) is 5.07. The molecule has 0 aromatic heterocycles. The number of rotatable bonds is 5. The van der Waals surface area contributed by atoms with E-state index in [4.69, 9.17) is 5.10 Å². The number of allylic oxidation sites excluding steroid dienone is 1. The Kier molecular flexibility index (Phi) is 4.93. The average molecular weight is 352 g/mol. The third kappa shape index (κ3) is 3.87. The summed E-state index contributed by atoms with van der Waals surface area (Å²) in [7, 11) is 0. The molecule has 0 bridgehead atoms. The maximum Gasteiger partial charge on any atom is 0.150 e. The lowest BCUT2D eigenvalue weighted by molar-refractivity contribution is 0.112. The average Bonchev–Trinajstić information content (AvgIpc) is 3.18. The molecule has 0 saturated heterocycles. The Balaban J connectivity index is 1.65. The molecule has 0 amide bonds. The van der Waals surface area contributed by atoms with Crippen molar-refractivity contribution in [3.05, 3.63) is 108 Å². The first-order chi connectivity index (χ1) is 13.3. The molecule has 1 atom stereocenters. The van der Waals surface area contributed by atoms with Crippen LogP contribution in [0.3, 0.4) is 0 Å². The minimum absolute atomic E-state index is 0.142. The lowest BCUT2D eigenvalue weighted by Gasteiger charge is -2.24. The summed E-state index contributed by atoms with van der Waals surface area (Å²) in [4.78, 5) is 10.9. The summed E-state index contributed by atoms with van der Waals surface area (Å²) in [6.07, 6.45) is 5.88. The first-order valence-corrected chi connectivity index (χ1v) is 9.03. The number of nitrogens with zero attached hydrogens (tertiary/aromatic N) is 2. The molecule has 0 radical (unpaired) electrons. The molecular weight excluding hydrogens is 332 g/mol. The molecule has 3 nitrogen and oxygen atoms in total. The topological polar surface area (TPSA) is 32.7 Å². The summed E-state index contributed by atoms with van der Waals surface area (Å²) in [5, 5.41) is 6.91. The highest BCUT2D eigenvalue weighted by molar-refractivity contribution is 6.01. The highest BCUT2D eigenvalue weighted by Crippen LogP contribution is 2.35. The zero-order valence-electron chi connectivity index (χ0n) is 14.9. The van der Waals surface area contributed by atoms with Gasteiger partial charge in [0, 0.05) is 12.0 Å². The van der Waals surface area contributed by atoms with Crippen molar-refractivity contribution in [1.29, 1.82) is 0 Å². The molecule has 0 N–H and O–H groups in total. The molecule has 1 aliphatic rings. The second kappa shape index (κ2) is 7.83. The summed E-state index contributed by atoms with van der Waals surface area (Å²) >= 11 is 0. The molecule has 3 aromatic carbocycles. The van der Waals surface area contributed by atoms with Crippen LogP contribution >= 0.6 is 0 Å². The van der Waals surface area contributed by atoms with E-state index < -0.39 is 0 Å². The van der Waals surface area contributed by atoms with Gasteiger partial charge in [-0.05, 0) is 41.5 Å². The van der Waals surface area contributed by atoms with Gasteiger partial charge >= 0.3 is 0 Å². The molecule has 27 heavy (non-hydrogen) atoms. The Morgan fingerprint density at radius 1 is 0.778 bits per heavy atom. The van der Waals surface area contributed by atoms with Crippen molar-refractivity contribution in [2.24, 2.45) is 5.10 Å². The van der Waals surface area contributed by atoms with E-state index in [2.05, 4.69) is 53.6 Å². The van der Waals surface area contributed by atoms with Crippen LogP contribution in [0.15, 0.2) is 96.1 Å². The van der Waals surface area contributed by atoms with Gasteiger partial charge in [0.05, 0.1) is 17.4 Å². The van der Waals surface area contributed by atoms with Crippen molar-refractivity contribution >= 4 is 23.8 Å². The number of hydrogen-bond donors (Lipinski definition) is 0. The molecule has 1 heterocycles. The molecule has 1 aliphatic heterocycles. The zero-order valence-corrected chi connectivity index (χ0v) is 14.9. The van der Waals surface area contributed by atoms with Gasteiger partial charge in [0.1, 0.15) is 6.29 Å². The van der Waals surface area contributed by atoms with Crippen LogP contribution in [0.4, 0.5) is 5.69 Å². The largest absolute Gasteiger partial charge is 0.298 e. The molecule has 132 valence electrons. The SMILES string of the molecule is O=Cc1ccc(N2N=C(/C=C\c3ccccc3)C[C@@H]2c2ccccc2)cc1. The van der Waals surface area contributed by atoms with E-state index in [0.717, 1.165) is 29.7 Å². The molecule has 0 aliphatic carbocycles. The standard InChI is InChI=1S/C24H20N2O/c27-18-20-12-15-23(16-13-20)26-24(21-9-5-2-6-10-21)17-22(25-26)14-11-19-7-3-1-4-8-19/h1-16,18,24H,17H2/b14-11-/t24-/m1/s1. The van der Waals surface area contributed by atoms with Gasteiger partial charge in [-0.15, -0.1) is 0 Å². The van der Waals surface area contributed by atoms with Crippen LogP contribution in [0.25, 0.3) is 6.08 Å². The second-order valence-electron chi connectivity index (χ2n) is 6.52. The van der Waals surface area contributed by atoms with Crippen LogP contribution in [-0.2, 0) is 0 Å². The molecule has 0 unspecified atom stereocenters. The zero-order chi connectivity index (χ0) is 18.5. The van der Waals surface area contributed by atoms with Gasteiger partial charge in [0.15, 0.2) is 0 Å². The highest BCUT2D eigenvalue weighted by Gasteiger charge is 2.28. The van der Waals surface area contributed by atoms with Crippen LogP contribution < -0.4 is 5.01 Å². The van der Waals surface area contributed by atoms with E-state index in [0.29, 0.717) is 5.56 Å². The van der Waals surface area contributed by atoms with E-state index in [-0.39, 0.29) is 6.04 Å². The molecule has 3 heteroatoms. The molecule has 0 saturated carbocycles. The molecule has 3 aromatic rings. The number of hydrazone groups is 1. The molecular formula is C24H20N2O. The summed E-state index contributed by atoms with van der Waals surface area (Å²) in [6.45, 7) is 0. The van der Waals surface area contributed by atoms with Gasteiger partial charge in [-0.3, -0.25) is 9.80 Å². The number of carbonyl (C=O) groups is 1. The number of benzene rings is 3. The van der Waals surface area contributed by atoms with Crippen molar-refractivity contribution in [1.82, 2.24) is 0 Å². The maximum atomic E-state index is 10.9. The van der Waals surface area contributed by atoms with Gasteiger partial charge in [0.25, 0.3) is 0 Å². The fourth-order valence-electron chi connectivity index (χ4n) is 3.27. The smallest absolute Gasteiger partial charge is 0.150 e. The Morgan fingerprint density at radius 2 is 1.44 bits per heavy atom. The lowest BCUT2D eigenvalue weighted by atomic mass is 10.0. The van der Waals surface area contributed by atoms with Crippen LogP contribution in [-0.4, -0.2) is 12.0 Å². The predicted octanol–water partition coefficient (Wildman–Crippen LogP) is 5.52.